The van der Waals surface area contributed by atoms with Gasteiger partial charge in [0.05, 0.1) is 6.10 Å². The summed E-state index contributed by atoms with van der Waals surface area (Å²) < 4.78 is 0. The Morgan fingerprint density at radius 1 is 1.00 bits per heavy atom. The normalized spacial score (nSPS) is 62.5. The van der Waals surface area contributed by atoms with Gasteiger partial charge in [-0.15, -0.1) is 0 Å². The average Bonchev–Trinajstić information content (AvgIpc) is 2.07. The molecule has 4 saturated carbocycles. The van der Waals surface area contributed by atoms with E-state index in [-0.39, 0.29) is 6.10 Å². The van der Waals surface area contributed by atoms with Crippen molar-refractivity contribution >= 4 is 0 Å². The summed E-state index contributed by atoms with van der Waals surface area (Å²) in [6.45, 7) is 0. The van der Waals surface area contributed by atoms with Gasteiger partial charge in [-0.3, -0.25) is 0 Å². The number of rotatable bonds is 0. The molecule has 2 nitrogen and oxygen atoms in total. The van der Waals surface area contributed by atoms with E-state index in [1.54, 1.807) is 0 Å². The van der Waals surface area contributed by atoms with Crippen molar-refractivity contribution in [2.24, 2.45) is 29.4 Å². The number of hydrogen-bond acceptors (Lipinski definition) is 2. The Labute approximate surface area is 73.1 Å². The molecule has 0 aromatic carbocycles. The van der Waals surface area contributed by atoms with Crippen LogP contribution in [0.2, 0.25) is 0 Å². The molecular formula is C10H17NO. The maximum Gasteiger partial charge on any atom is 0.0611 e. The largest absolute Gasteiger partial charge is 0.392 e. The van der Waals surface area contributed by atoms with Crippen LogP contribution in [0.1, 0.15) is 25.7 Å². The molecule has 6 unspecified atom stereocenters. The lowest BCUT2D eigenvalue weighted by atomic mass is 9.53. The molecule has 0 aliphatic heterocycles. The van der Waals surface area contributed by atoms with Crippen molar-refractivity contribution in [3.05, 3.63) is 0 Å². The fourth-order valence-corrected chi connectivity index (χ4v) is 3.93. The molecule has 12 heavy (non-hydrogen) atoms. The van der Waals surface area contributed by atoms with E-state index >= 15 is 0 Å². The fourth-order valence-electron chi connectivity index (χ4n) is 3.93. The van der Waals surface area contributed by atoms with Crippen LogP contribution in [0.3, 0.4) is 0 Å². The molecule has 3 N–H and O–H groups in total. The van der Waals surface area contributed by atoms with Gasteiger partial charge in [0.15, 0.2) is 0 Å². The fraction of sp³-hybridized carbons (Fsp3) is 1.00. The molecule has 4 aliphatic rings. The summed E-state index contributed by atoms with van der Waals surface area (Å²) in [4.78, 5) is 0. The molecule has 0 heterocycles. The lowest BCUT2D eigenvalue weighted by Crippen LogP contribution is -2.59. The molecule has 2 heteroatoms. The second-order valence-corrected chi connectivity index (χ2v) is 5.06. The Morgan fingerprint density at radius 3 is 2.58 bits per heavy atom. The van der Waals surface area contributed by atoms with Crippen molar-refractivity contribution < 1.29 is 5.11 Å². The number of aliphatic hydroxyl groups is 1. The first-order valence-corrected chi connectivity index (χ1v) is 5.19. The topological polar surface area (TPSA) is 46.2 Å². The third-order valence-electron chi connectivity index (χ3n) is 4.44. The van der Waals surface area contributed by atoms with Crippen LogP contribution in [0, 0.1) is 23.7 Å². The summed E-state index contributed by atoms with van der Waals surface area (Å²) >= 11 is 0. The lowest BCUT2D eigenvalue weighted by molar-refractivity contribution is -0.104. The number of aliphatic hydroxyl groups excluding tert-OH is 1. The first kappa shape index (κ1) is 7.34. The van der Waals surface area contributed by atoms with Gasteiger partial charge in [0.2, 0.25) is 0 Å². The second-order valence-electron chi connectivity index (χ2n) is 5.06. The highest BCUT2D eigenvalue weighted by Crippen LogP contribution is 2.53. The third kappa shape index (κ3) is 0.775. The van der Waals surface area contributed by atoms with E-state index in [4.69, 9.17) is 5.73 Å². The number of hydrogen-bond donors (Lipinski definition) is 2. The van der Waals surface area contributed by atoms with Crippen molar-refractivity contribution in [2.75, 3.05) is 0 Å². The average molecular weight is 167 g/mol. The predicted molar refractivity (Wildman–Crippen MR) is 46.4 cm³/mol. The highest BCUT2D eigenvalue weighted by atomic mass is 16.3. The van der Waals surface area contributed by atoms with Crippen LogP contribution in [0.15, 0.2) is 0 Å². The molecule has 0 aromatic heterocycles. The molecule has 0 amide bonds. The second kappa shape index (κ2) is 2.24. The standard InChI is InChI=1S/C10H17NO/c11-9-6-1-5-2-7(4-6)10(12)8(9)3-5/h5-10,12H,1-4,11H2. The molecule has 0 spiro atoms. The molecule has 4 bridgehead atoms. The van der Waals surface area contributed by atoms with Crippen LogP contribution < -0.4 is 5.73 Å². The molecular weight excluding hydrogens is 150 g/mol. The van der Waals surface area contributed by atoms with E-state index < -0.39 is 0 Å². The monoisotopic (exact) mass is 167 g/mol. The molecule has 0 radical (unpaired) electrons. The zero-order valence-corrected chi connectivity index (χ0v) is 7.32. The van der Waals surface area contributed by atoms with Crippen LogP contribution in [0.5, 0.6) is 0 Å². The summed E-state index contributed by atoms with van der Waals surface area (Å²) in [6.07, 6.45) is 4.97. The minimum atomic E-state index is -0.0622. The van der Waals surface area contributed by atoms with Crippen LogP contribution in [0.4, 0.5) is 0 Å². The van der Waals surface area contributed by atoms with Crippen molar-refractivity contribution in [3.8, 4) is 0 Å². The molecule has 4 fully saturated rings. The Bertz CT molecular complexity index is 188. The van der Waals surface area contributed by atoms with E-state index in [0.29, 0.717) is 17.9 Å². The van der Waals surface area contributed by atoms with Crippen LogP contribution >= 0.6 is 0 Å². The van der Waals surface area contributed by atoms with Gasteiger partial charge in [-0.05, 0) is 43.4 Å². The zero-order chi connectivity index (χ0) is 8.29. The zero-order valence-electron chi connectivity index (χ0n) is 7.32. The van der Waals surface area contributed by atoms with Crippen LogP contribution in [0.25, 0.3) is 0 Å². The summed E-state index contributed by atoms with van der Waals surface area (Å²) in [6, 6.07) is 0.313. The van der Waals surface area contributed by atoms with Crippen molar-refractivity contribution in [2.45, 2.75) is 37.8 Å². The van der Waals surface area contributed by atoms with Crippen molar-refractivity contribution in [3.63, 3.8) is 0 Å². The summed E-state index contributed by atoms with van der Waals surface area (Å²) in [5.74, 6) is 2.70. The number of nitrogens with two attached hydrogens (primary N) is 1. The molecule has 0 aromatic rings. The van der Waals surface area contributed by atoms with Gasteiger partial charge in [0.25, 0.3) is 0 Å². The van der Waals surface area contributed by atoms with Gasteiger partial charge in [0.1, 0.15) is 0 Å². The Balaban J connectivity index is 1.93. The van der Waals surface area contributed by atoms with Gasteiger partial charge in [-0.2, -0.15) is 0 Å². The molecule has 6 atom stereocenters. The van der Waals surface area contributed by atoms with Gasteiger partial charge in [-0.25, -0.2) is 0 Å². The predicted octanol–water partition coefficient (Wildman–Crippen LogP) is 0.741. The summed E-state index contributed by atoms with van der Waals surface area (Å²) in [5, 5.41) is 9.92. The van der Waals surface area contributed by atoms with Gasteiger partial charge in [-0.1, -0.05) is 0 Å². The van der Waals surface area contributed by atoms with E-state index in [1.807, 2.05) is 0 Å². The molecule has 0 saturated heterocycles. The Morgan fingerprint density at radius 2 is 1.75 bits per heavy atom. The lowest BCUT2D eigenvalue weighted by Gasteiger charge is -2.55. The van der Waals surface area contributed by atoms with Crippen molar-refractivity contribution in [1.29, 1.82) is 0 Å². The quantitative estimate of drug-likeness (QED) is 0.559. The SMILES string of the molecule is NC1C2CC3CC(C2)C(O)C1C3. The maximum absolute atomic E-state index is 9.92. The Kier molecular flexibility index (Phi) is 1.37. The molecule has 4 rings (SSSR count). The van der Waals surface area contributed by atoms with Crippen LogP contribution in [-0.2, 0) is 0 Å². The summed E-state index contributed by atoms with van der Waals surface area (Å²) in [7, 11) is 0. The first-order valence-electron chi connectivity index (χ1n) is 5.19. The first-order chi connectivity index (χ1) is 5.75. The van der Waals surface area contributed by atoms with E-state index in [9.17, 15) is 5.11 Å². The van der Waals surface area contributed by atoms with Crippen LogP contribution in [-0.4, -0.2) is 17.3 Å². The van der Waals surface area contributed by atoms with E-state index in [1.165, 1.54) is 25.7 Å². The minimum absolute atomic E-state index is 0.0622. The molecule has 4 aliphatic carbocycles. The van der Waals surface area contributed by atoms with Gasteiger partial charge in [0, 0.05) is 12.0 Å². The third-order valence-corrected chi connectivity index (χ3v) is 4.44. The van der Waals surface area contributed by atoms with E-state index in [0.717, 1.165) is 11.8 Å². The van der Waals surface area contributed by atoms with Gasteiger partial charge >= 0.3 is 0 Å². The maximum atomic E-state index is 9.92. The summed E-state index contributed by atoms with van der Waals surface area (Å²) in [5.41, 5.74) is 6.10. The smallest absolute Gasteiger partial charge is 0.0611 e. The highest BCUT2D eigenvalue weighted by molar-refractivity contribution is 5.04. The Hall–Kier alpha value is -0.0800. The molecule has 68 valence electrons. The minimum Gasteiger partial charge on any atom is -0.392 e. The van der Waals surface area contributed by atoms with E-state index in [2.05, 4.69) is 0 Å². The van der Waals surface area contributed by atoms with Gasteiger partial charge < -0.3 is 10.8 Å². The highest BCUT2D eigenvalue weighted by Gasteiger charge is 2.51. The van der Waals surface area contributed by atoms with Crippen molar-refractivity contribution in [1.82, 2.24) is 0 Å².